The van der Waals surface area contributed by atoms with Crippen molar-refractivity contribution in [3.8, 4) is 0 Å². The first-order valence-corrected chi connectivity index (χ1v) is 6.26. The Balaban J connectivity index is 2.93. The van der Waals surface area contributed by atoms with E-state index in [9.17, 15) is 0 Å². The van der Waals surface area contributed by atoms with Crippen molar-refractivity contribution in [1.29, 1.82) is 0 Å². The number of fused-ring (bicyclic) bond motifs is 1. The molecule has 2 aromatic rings. The monoisotopic (exact) mass is 352 g/mol. The van der Waals surface area contributed by atoms with E-state index in [0.717, 1.165) is 0 Å². The lowest BCUT2D eigenvalue weighted by molar-refractivity contribution is 1.50. The van der Waals surface area contributed by atoms with E-state index in [2.05, 4.69) is 63.0 Å². The third kappa shape index (κ3) is 1.42. The number of aryl methyl sites for hydroxylation is 1. The second kappa shape index (κ2) is 3.27. The smallest absolute Gasteiger partial charge is 0.0371 e. The Morgan fingerprint density at radius 3 is 2.92 bits per heavy atom. The van der Waals surface area contributed by atoms with Gasteiger partial charge in [-0.2, -0.15) is 0 Å². The van der Waals surface area contributed by atoms with Gasteiger partial charge in [0.05, 0.1) is 0 Å². The van der Waals surface area contributed by atoms with Gasteiger partial charge in [-0.05, 0) is 63.1 Å². The van der Waals surface area contributed by atoms with Crippen LogP contribution in [0.4, 0.5) is 0 Å². The highest BCUT2D eigenvalue weighted by Gasteiger charge is 2.05. The van der Waals surface area contributed by atoms with Crippen LogP contribution in [0, 0.1) is 10.5 Å². The maximum atomic E-state index is 3.55. The third-order valence-corrected chi connectivity index (χ3v) is 4.44. The second-order valence-corrected chi connectivity index (χ2v) is 5.63. The van der Waals surface area contributed by atoms with Crippen LogP contribution in [0.25, 0.3) is 10.1 Å². The van der Waals surface area contributed by atoms with E-state index in [-0.39, 0.29) is 0 Å². The topological polar surface area (TPSA) is 0 Å². The predicted octanol–water partition coefficient (Wildman–Crippen LogP) is 4.58. The van der Waals surface area contributed by atoms with Crippen LogP contribution in [0.15, 0.2) is 22.0 Å². The molecule has 0 aliphatic carbocycles. The maximum absolute atomic E-state index is 3.55. The van der Waals surface area contributed by atoms with Crippen LogP contribution in [-0.2, 0) is 0 Å². The molecular weight excluding hydrogens is 347 g/mol. The summed E-state index contributed by atoms with van der Waals surface area (Å²) in [5, 5.41) is 3.50. The maximum Gasteiger partial charge on any atom is 0.0371 e. The van der Waals surface area contributed by atoms with Crippen LogP contribution in [0.5, 0.6) is 0 Å². The fourth-order valence-electron chi connectivity index (χ4n) is 1.21. The molecule has 0 spiro atoms. The molecule has 62 valence electrons. The first-order valence-electron chi connectivity index (χ1n) is 3.51. The SMILES string of the molecule is Cc1cc(I)c2c(Br)csc2c1. The molecule has 0 fully saturated rings. The normalized spacial score (nSPS) is 10.9. The standard InChI is InChI=1S/C9H6BrIS/c1-5-2-7(11)9-6(10)4-12-8(9)3-5/h2-4H,1H3. The van der Waals surface area contributed by atoms with E-state index in [1.807, 2.05) is 0 Å². The summed E-state index contributed by atoms with van der Waals surface area (Å²) in [5.74, 6) is 0. The minimum atomic E-state index is 1.21. The summed E-state index contributed by atoms with van der Waals surface area (Å²) in [7, 11) is 0. The van der Waals surface area contributed by atoms with Crippen LogP contribution >= 0.6 is 49.9 Å². The minimum absolute atomic E-state index is 1.21. The summed E-state index contributed by atoms with van der Waals surface area (Å²) in [6, 6.07) is 4.44. The summed E-state index contributed by atoms with van der Waals surface area (Å²) in [5.41, 5.74) is 1.33. The molecule has 0 bridgehead atoms. The number of benzene rings is 1. The van der Waals surface area contributed by atoms with Gasteiger partial charge in [0, 0.05) is 23.5 Å². The van der Waals surface area contributed by atoms with Crippen molar-refractivity contribution >= 4 is 59.9 Å². The lowest BCUT2D eigenvalue weighted by Gasteiger charge is -1.97. The van der Waals surface area contributed by atoms with Crippen LogP contribution in [0.1, 0.15) is 5.56 Å². The highest BCUT2D eigenvalue weighted by Crippen LogP contribution is 2.34. The lowest BCUT2D eigenvalue weighted by atomic mass is 10.2. The molecule has 1 heterocycles. The molecule has 0 unspecified atom stereocenters. The number of hydrogen-bond donors (Lipinski definition) is 0. The number of thiophene rings is 1. The van der Waals surface area contributed by atoms with Gasteiger partial charge in [-0.15, -0.1) is 11.3 Å². The molecule has 0 saturated carbocycles. The van der Waals surface area contributed by atoms with Crippen molar-refractivity contribution < 1.29 is 0 Å². The largest absolute Gasteiger partial charge is 0.143 e. The van der Waals surface area contributed by atoms with Gasteiger partial charge in [-0.1, -0.05) is 0 Å². The molecule has 0 aliphatic heterocycles. The molecule has 0 amide bonds. The zero-order valence-corrected chi connectivity index (χ0v) is 11.0. The van der Waals surface area contributed by atoms with E-state index in [1.54, 1.807) is 11.3 Å². The van der Waals surface area contributed by atoms with Gasteiger partial charge < -0.3 is 0 Å². The van der Waals surface area contributed by atoms with Crippen LogP contribution in [0.3, 0.4) is 0 Å². The average molecular weight is 353 g/mol. The van der Waals surface area contributed by atoms with Gasteiger partial charge in [-0.25, -0.2) is 0 Å². The molecule has 1 aromatic carbocycles. The molecule has 12 heavy (non-hydrogen) atoms. The third-order valence-electron chi connectivity index (χ3n) is 1.73. The summed E-state index contributed by atoms with van der Waals surface area (Å²) >= 11 is 7.72. The zero-order valence-electron chi connectivity index (χ0n) is 6.40. The number of hydrogen-bond acceptors (Lipinski definition) is 1. The van der Waals surface area contributed by atoms with Crippen molar-refractivity contribution in [2.75, 3.05) is 0 Å². The van der Waals surface area contributed by atoms with Gasteiger partial charge in [0.1, 0.15) is 0 Å². The van der Waals surface area contributed by atoms with Crippen LogP contribution in [0.2, 0.25) is 0 Å². The Hall–Kier alpha value is 0.390. The average Bonchev–Trinajstić information content (AvgIpc) is 2.31. The Labute approximate surface area is 97.2 Å². The molecule has 0 nitrogen and oxygen atoms in total. The molecular formula is C9H6BrIS. The van der Waals surface area contributed by atoms with Crippen molar-refractivity contribution in [2.45, 2.75) is 6.92 Å². The Morgan fingerprint density at radius 2 is 2.17 bits per heavy atom. The van der Waals surface area contributed by atoms with Gasteiger partial charge in [0.15, 0.2) is 0 Å². The van der Waals surface area contributed by atoms with Crippen LogP contribution in [-0.4, -0.2) is 0 Å². The molecule has 2 rings (SSSR count). The van der Waals surface area contributed by atoms with Crippen molar-refractivity contribution in [3.05, 3.63) is 31.1 Å². The van der Waals surface area contributed by atoms with Gasteiger partial charge in [-0.3, -0.25) is 0 Å². The fourth-order valence-corrected chi connectivity index (χ4v) is 4.61. The molecule has 0 N–H and O–H groups in total. The van der Waals surface area contributed by atoms with E-state index < -0.39 is 0 Å². The summed E-state index contributed by atoms with van der Waals surface area (Å²) in [6.45, 7) is 2.13. The molecule has 0 radical (unpaired) electrons. The summed E-state index contributed by atoms with van der Waals surface area (Å²) in [6.07, 6.45) is 0. The molecule has 1 aromatic heterocycles. The van der Waals surface area contributed by atoms with Gasteiger partial charge >= 0.3 is 0 Å². The number of halogens is 2. The fraction of sp³-hybridized carbons (Fsp3) is 0.111. The van der Waals surface area contributed by atoms with Gasteiger partial charge in [0.25, 0.3) is 0 Å². The molecule has 0 atom stereocenters. The van der Waals surface area contributed by atoms with Crippen LogP contribution < -0.4 is 0 Å². The number of rotatable bonds is 0. The van der Waals surface area contributed by atoms with E-state index in [1.165, 1.54) is 23.7 Å². The van der Waals surface area contributed by atoms with Crippen molar-refractivity contribution in [3.63, 3.8) is 0 Å². The van der Waals surface area contributed by atoms with E-state index >= 15 is 0 Å². The predicted molar refractivity (Wildman–Crippen MR) is 67.0 cm³/mol. The first-order chi connectivity index (χ1) is 5.68. The second-order valence-electron chi connectivity index (χ2n) is 2.70. The summed E-state index contributed by atoms with van der Waals surface area (Å²) in [4.78, 5) is 0. The Morgan fingerprint density at radius 1 is 1.42 bits per heavy atom. The lowest BCUT2D eigenvalue weighted by Crippen LogP contribution is -1.76. The quantitative estimate of drug-likeness (QED) is 0.609. The minimum Gasteiger partial charge on any atom is -0.143 e. The Kier molecular flexibility index (Phi) is 2.44. The molecule has 0 saturated heterocycles. The van der Waals surface area contributed by atoms with E-state index in [4.69, 9.17) is 0 Å². The first kappa shape index (κ1) is 8.97. The van der Waals surface area contributed by atoms with Gasteiger partial charge in [0.2, 0.25) is 0 Å². The molecule has 3 heteroatoms. The highest BCUT2D eigenvalue weighted by molar-refractivity contribution is 14.1. The highest BCUT2D eigenvalue weighted by atomic mass is 127. The van der Waals surface area contributed by atoms with Crippen molar-refractivity contribution in [1.82, 2.24) is 0 Å². The zero-order chi connectivity index (χ0) is 8.72. The van der Waals surface area contributed by atoms with E-state index in [0.29, 0.717) is 0 Å². The van der Waals surface area contributed by atoms with Crippen molar-refractivity contribution in [2.24, 2.45) is 0 Å². The Bertz CT molecular complexity index is 433. The molecule has 0 aliphatic rings. The summed E-state index contributed by atoms with van der Waals surface area (Å²) < 4.78 is 3.91.